The molecule has 0 amide bonds. The zero-order valence-corrected chi connectivity index (χ0v) is 61.2. The van der Waals surface area contributed by atoms with Crippen LogP contribution >= 0.6 is 15.6 Å². The molecule has 546 valence electrons. The lowest BCUT2D eigenvalue weighted by atomic mass is 10.1. The number of ether oxygens (including phenoxy) is 4. The van der Waals surface area contributed by atoms with E-state index in [1.807, 2.05) is 0 Å². The maximum atomic E-state index is 13.0. The monoisotopic (exact) mass is 1370 g/mol. The van der Waals surface area contributed by atoms with Crippen molar-refractivity contribution in [3.63, 3.8) is 0 Å². The summed E-state index contributed by atoms with van der Waals surface area (Å²) in [6, 6.07) is 0. The molecule has 0 aliphatic carbocycles. The average Bonchev–Trinajstić information content (AvgIpc) is 1.35. The van der Waals surface area contributed by atoms with Crippen molar-refractivity contribution in [2.24, 2.45) is 0 Å². The lowest BCUT2D eigenvalue weighted by Gasteiger charge is -2.21. The molecule has 0 spiro atoms. The zero-order chi connectivity index (χ0) is 69.0. The number of esters is 4. The molecule has 0 fully saturated rings. The standard InChI is InChI=1S/C75H134O17P2/c1-5-9-13-17-21-25-29-32-34-37-40-43-47-51-55-59-72(77)85-65-70(91-74(79)61-57-53-49-45-39-28-24-20-16-12-8-4)67-89-93(81,82)87-63-69(76)64-88-94(83,84)90-68-71(92-75(80)62-58-54-50-46-42-36-31-27-23-19-15-11-7-3)66-86-73(78)60-56-52-48-44-41-38-35-33-30-26-22-18-14-10-6-2/h9,13,15,19,21,25,27,31-35,69-71,76H,5-8,10-12,14,16-18,20,22-24,26,28-30,36-68H2,1-4H3,(H,81,82)(H,83,84)/b13-9-,19-15-,25-21-,31-27-,34-32-,35-33-. The Kier molecular flexibility index (Phi) is 65.5. The van der Waals surface area contributed by atoms with Gasteiger partial charge in [0.15, 0.2) is 12.2 Å². The highest BCUT2D eigenvalue weighted by molar-refractivity contribution is 7.47. The smallest absolute Gasteiger partial charge is 0.462 e. The van der Waals surface area contributed by atoms with Crippen LogP contribution < -0.4 is 0 Å². The highest BCUT2D eigenvalue weighted by Crippen LogP contribution is 2.45. The highest BCUT2D eigenvalue weighted by Gasteiger charge is 2.30. The third-order valence-corrected chi connectivity index (χ3v) is 17.5. The number of aliphatic hydroxyl groups is 1. The van der Waals surface area contributed by atoms with Crippen LogP contribution in [-0.4, -0.2) is 96.7 Å². The third-order valence-electron chi connectivity index (χ3n) is 15.6. The van der Waals surface area contributed by atoms with Crippen molar-refractivity contribution in [3.05, 3.63) is 72.9 Å². The SMILES string of the molecule is CC/C=C\C/C=C\C/C=C\CCCCCCCC(=O)OCC(COP(=O)(O)OCC(O)COP(=O)(O)OCC(COC(=O)CCCCCCC/C=C\CCCCCCCC)OC(=O)CCCCCCC/C=C\C/C=C\CCC)OC(=O)CCCCCCCCCCCCC. The van der Waals surface area contributed by atoms with Gasteiger partial charge in [-0.15, -0.1) is 0 Å². The van der Waals surface area contributed by atoms with E-state index in [2.05, 4.69) is 101 Å². The predicted octanol–water partition coefficient (Wildman–Crippen LogP) is 20.9. The van der Waals surface area contributed by atoms with Crippen LogP contribution in [0.3, 0.4) is 0 Å². The number of carbonyl (C=O) groups excluding carboxylic acids is 4. The van der Waals surface area contributed by atoms with Crippen LogP contribution in [0.2, 0.25) is 0 Å². The molecule has 0 aromatic heterocycles. The number of hydrogen-bond acceptors (Lipinski definition) is 15. The fourth-order valence-electron chi connectivity index (χ4n) is 9.97. The van der Waals surface area contributed by atoms with Crippen LogP contribution in [0.4, 0.5) is 0 Å². The quantitative estimate of drug-likeness (QED) is 0.0169. The van der Waals surface area contributed by atoms with Crippen molar-refractivity contribution in [2.75, 3.05) is 39.6 Å². The van der Waals surface area contributed by atoms with Crippen LogP contribution in [0, 0.1) is 0 Å². The molecule has 0 bridgehead atoms. The molecule has 0 radical (unpaired) electrons. The van der Waals surface area contributed by atoms with E-state index in [-0.39, 0.29) is 25.7 Å². The van der Waals surface area contributed by atoms with Gasteiger partial charge >= 0.3 is 39.5 Å². The van der Waals surface area contributed by atoms with E-state index in [0.717, 1.165) is 167 Å². The van der Waals surface area contributed by atoms with Gasteiger partial charge in [-0.3, -0.25) is 37.3 Å². The lowest BCUT2D eigenvalue weighted by Crippen LogP contribution is -2.30. The Bertz CT molecular complexity index is 2070. The Labute approximate surface area is 571 Å². The van der Waals surface area contributed by atoms with E-state index in [1.54, 1.807) is 0 Å². The summed E-state index contributed by atoms with van der Waals surface area (Å²) in [7, 11) is -9.94. The van der Waals surface area contributed by atoms with Crippen LogP contribution in [0.5, 0.6) is 0 Å². The molecule has 0 aliphatic heterocycles. The molecule has 0 aromatic carbocycles. The van der Waals surface area contributed by atoms with Crippen molar-refractivity contribution in [2.45, 2.75) is 341 Å². The first-order valence-electron chi connectivity index (χ1n) is 37.2. The summed E-state index contributed by atoms with van der Waals surface area (Å²) >= 11 is 0. The van der Waals surface area contributed by atoms with E-state index in [0.29, 0.717) is 25.7 Å². The summed E-state index contributed by atoms with van der Waals surface area (Å²) in [6.45, 7) is 4.67. The Morgan fingerprint density at radius 1 is 0.309 bits per heavy atom. The Hall–Kier alpha value is -3.50. The minimum atomic E-state index is -4.97. The second-order valence-electron chi connectivity index (χ2n) is 24.9. The van der Waals surface area contributed by atoms with Crippen LogP contribution in [0.1, 0.15) is 323 Å². The van der Waals surface area contributed by atoms with Crippen LogP contribution in [0.15, 0.2) is 72.9 Å². The highest BCUT2D eigenvalue weighted by atomic mass is 31.2. The predicted molar refractivity (Wildman–Crippen MR) is 381 cm³/mol. The maximum Gasteiger partial charge on any atom is 0.472 e. The van der Waals surface area contributed by atoms with Gasteiger partial charge in [0.2, 0.25) is 0 Å². The van der Waals surface area contributed by atoms with Gasteiger partial charge in [0, 0.05) is 25.7 Å². The summed E-state index contributed by atoms with van der Waals surface area (Å²) in [5.41, 5.74) is 0. The van der Waals surface area contributed by atoms with Gasteiger partial charge in [-0.2, -0.15) is 0 Å². The summed E-state index contributed by atoms with van der Waals surface area (Å²) in [5.74, 6) is -2.20. The van der Waals surface area contributed by atoms with Crippen molar-refractivity contribution >= 4 is 39.5 Å². The minimum Gasteiger partial charge on any atom is -0.462 e. The molecule has 17 nitrogen and oxygen atoms in total. The second kappa shape index (κ2) is 68.0. The number of aliphatic hydroxyl groups excluding tert-OH is 1. The molecule has 19 heteroatoms. The number of unbranched alkanes of at least 4 members (excludes halogenated alkanes) is 32. The molecule has 5 atom stereocenters. The summed E-state index contributed by atoms with van der Waals surface area (Å²) in [4.78, 5) is 72.7. The van der Waals surface area contributed by atoms with Gasteiger partial charge in [-0.1, -0.05) is 261 Å². The second-order valence-corrected chi connectivity index (χ2v) is 27.8. The molecule has 0 heterocycles. The molecule has 0 saturated carbocycles. The van der Waals surface area contributed by atoms with Gasteiger partial charge in [0.25, 0.3) is 0 Å². The van der Waals surface area contributed by atoms with Crippen LogP contribution in [0.25, 0.3) is 0 Å². The zero-order valence-electron chi connectivity index (χ0n) is 59.4. The van der Waals surface area contributed by atoms with E-state index < -0.39 is 97.5 Å². The molecule has 0 saturated heterocycles. The fraction of sp³-hybridized carbons (Fsp3) is 0.787. The van der Waals surface area contributed by atoms with Gasteiger partial charge in [0.1, 0.15) is 19.3 Å². The number of rotatable bonds is 70. The van der Waals surface area contributed by atoms with Crippen LogP contribution in [-0.2, 0) is 65.4 Å². The molecule has 3 N–H and O–H groups in total. The summed E-state index contributed by atoms with van der Waals surface area (Å²) in [5, 5.41) is 10.6. The topological polar surface area (TPSA) is 237 Å². The van der Waals surface area contributed by atoms with Gasteiger partial charge in [-0.25, -0.2) is 9.13 Å². The minimum absolute atomic E-state index is 0.0797. The first kappa shape index (κ1) is 90.5. The molecule has 5 unspecified atom stereocenters. The number of phosphoric ester groups is 2. The summed E-state index contributed by atoms with van der Waals surface area (Å²) in [6.07, 6.45) is 66.2. The van der Waals surface area contributed by atoms with Crippen molar-refractivity contribution in [3.8, 4) is 0 Å². The molecule has 0 aliphatic rings. The Morgan fingerprint density at radius 3 is 0.904 bits per heavy atom. The summed E-state index contributed by atoms with van der Waals surface area (Å²) < 4.78 is 68.3. The first-order chi connectivity index (χ1) is 45.7. The first-order valence-corrected chi connectivity index (χ1v) is 40.2. The van der Waals surface area contributed by atoms with E-state index in [4.69, 9.17) is 37.0 Å². The number of allylic oxidation sites excluding steroid dienone is 12. The number of phosphoric acid groups is 2. The molecular weight excluding hydrogens is 1230 g/mol. The van der Waals surface area contributed by atoms with Gasteiger partial charge in [0.05, 0.1) is 26.4 Å². The molecule has 94 heavy (non-hydrogen) atoms. The number of hydrogen-bond donors (Lipinski definition) is 3. The van der Waals surface area contributed by atoms with Crippen molar-refractivity contribution in [1.29, 1.82) is 0 Å². The van der Waals surface area contributed by atoms with Crippen molar-refractivity contribution < 1.29 is 80.2 Å². The molecule has 0 rings (SSSR count). The lowest BCUT2D eigenvalue weighted by molar-refractivity contribution is -0.161. The van der Waals surface area contributed by atoms with E-state index in [9.17, 15) is 43.2 Å². The van der Waals surface area contributed by atoms with E-state index in [1.165, 1.54) is 77.0 Å². The maximum absolute atomic E-state index is 13.0. The van der Waals surface area contributed by atoms with Gasteiger partial charge < -0.3 is 33.8 Å². The number of carbonyl (C=O) groups is 4. The third kappa shape index (κ3) is 67.1. The fourth-order valence-corrected chi connectivity index (χ4v) is 11.6. The average molecular weight is 1370 g/mol. The van der Waals surface area contributed by atoms with E-state index >= 15 is 0 Å². The Morgan fingerprint density at radius 2 is 0.574 bits per heavy atom. The Balaban J connectivity index is 5.32. The largest absolute Gasteiger partial charge is 0.472 e. The van der Waals surface area contributed by atoms with Gasteiger partial charge in [-0.05, 0) is 109 Å². The normalized spacial score (nSPS) is 14.4. The molecule has 0 aromatic rings. The molecular formula is C75H134O17P2. The van der Waals surface area contributed by atoms with Crippen molar-refractivity contribution in [1.82, 2.24) is 0 Å².